The number of rotatable bonds is 4. The second-order valence-corrected chi connectivity index (χ2v) is 9.13. The van der Waals surface area contributed by atoms with Gasteiger partial charge < -0.3 is 15.4 Å². The maximum Gasteiger partial charge on any atom is 0.407 e. The Morgan fingerprint density at radius 3 is 2.52 bits per heavy atom. The third-order valence-corrected chi connectivity index (χ3v) is 5.49. The van der Waals surface area contributed by atoms with E-state index in [1.165, 1.54) is 44.9 Å². The zero-order valence-electron chi connectivity index (χ0n) is 15.7. The number of carbonyl (C=O) groups excluding carboxylic acids is 1. The highest BCUT2D eigenvalue weighted by molar-refractivity contribution is 5.67. The van der Waals surface area contributed by atoms with Gasteiger partial charge in [0.25, 0.3) is 0 Å². The third kappa shape index (κ3) is 5.66. The predicted molar refractivity (Wildman–Crippen MR) is 94.5 cm³/mol. The Morgan fingerprint density at radius 1 is 1.13 bits per heavy atom. The summed E-state index contributed by atoms with van der Waals surface area (Å²) in [6.07, 6.45) is 8.70. The first-order valence-electron chi connectivity index (χ1n) is 9.40. The Labute approximate surface area is 142 Å². The van der Waals surface area contributed by atoms with Gasteiger partial charge in [0, 0.05) is 18.6 Å². The van der Waals surface area contributed by atoms with Gasteiger partial charge in [-0.25, -0.2) is 4.79 Å². The summed E-state index contributed by atoms with van der Waals surface area (Å²) < 4.78 is 5.35. The average molecular weight is 325 g/mol. The largest absolute Gasteiger partial charge is 0.444 e. The fraction of sp³-hybridized carbons (Fsp3) is 0.947. The standard InChI is InChI=1S/C19H36N2O2/c1-18(2,3)23-17(22)20-13-14-9-8-10-15(14)21-16-11-6-7-12-19(16,4)5/h14-16,21H,6-13H2,1-5H3,(H,20,22). The van der Waals surface area contributed by atoms with Crippen molar-refractivity contribution in [3.05, 3.63) is 0 Å². The van der Waals surface area contributed by atoms with Crippen LogP contribution < -0.4 is 10.6 Å². The van der Waals surface area contributed by atoms with Crippen molar-refractivity contribution in [1.82, 2.24) is 10.6 Å². The SMILES string of the molecule is CC(C)(C)OC(=O)NCC1CCCC1NC1CCCCC1(C)C. The van der Waals surface area contributed by atoms with Crippen LogP contribution in [-0.2, 0) is 4.74 Å². The Hall–Kier alpha value is -0.770. The molecule has 3 atom stereocenters. The van der Waals surface area contributed by atoms with E-state index in [0.29, 0.717) is 23.4 Å². The minimum Gasteiger partial charge on any atom is -0.444 e. The van der Waals surface area contributed by atoms with Crippen molar-refractivity contribution >= 4 is 6.09 Å². The molecule has 2 N–H and O–H groups in total. The summed E-state index contributed by atoms with van der Waals surface area (Å²) in [7, 11) is 0. The molecule has 0 radical (unpaired) electrons. The van der Waals surface area contributed by atoms with Crippen LogP contribution in [0.25, 0.3) is 0 Å². The molecule has 2 saturated carbocycles. The van der Waals surface area contributed by atoms with Crippen LogP contribution in [0.1, 0.15) is 79.6 Å². The molecule has 0 aliphatic heterocycles. The van der Waals surface area contributed by atoms with E-state index in [4.69, 9.17) is 4.74 Å². The van der Waals surface area contributed by atoms with Crippen molar-refractivity contribution in [2.45, 2.75) is 97.2 Å². The second kappa shape index (κ2) is 7.42. The van der Waals surface area contributed by atoms with Crippen molar-refractivity contribution in [2.24, 2.45) is 11.3 Å². The molecule has 0 aromatic carbocycles. The Balaban J connectivity index is 1.82. The van der Waals surface area contributed by atoms with Crippen molar-refractivity contribution < 1.29 is 9.53 Å². The van der Waals surface area contributed by atoms with Crippen molar-refractivity contribution in [3.63, 3.8) is 0 Å². The number of hydrogen-bond donors (Lipinski definition) is 2. The van der Waals surface area contributed by atoms with Gasteiger partial charge in [-0.05, 0) is 57.8 Å². The molecule has 0 saturated heterocycles. The van der Waals surface area contributed by atoms with Crippen molar-refractivity contribution in [1.29, 1.82) is 0 Å². The number of ether oxygens (including phenoxy) is 1. The molecule has 0 heterocycles. The summed E-state index contributed by atoms with van der Waals surface area (Å²) in [5, 5.41) is 6.91. The number of hydrogen-bond acceptors (Lipinski definition) is 3. The molecule has 1 amide bonds. The van der Waals surface area contributed by atoms with Crippen LogP contribution in [0.4, 0.5) is 4.79 Å². The zero-order chi connectivity index (χ0) is 17.1. The smallest absolute Gasteiger partial charge is 0.407 e. The lowest BCUT2D eigenvalue weighted by Gasteiger charge is -2.41. The van der Waals surface area contributed by atoms with E-state index in [2.05, 4.69) is 24.5 Å². The van der Waals surface area contributed by atoms with E-state index < -0.39 is 5.60 Å². The summed E-state index contributed by atoms with van der Waals surface area (Å²) in [5.41, 5.74) is -0.0342. The molecule has 0 aromatic heterocycles. The number of alkyl carbamates (subject to hydrolysis) is 1. The lowest BCUT2D eigenvalue weighted by Crippen LogP contribution is -2.51. The van der Waals surface area contributed by atoms with E-state index in [1.54, 1.807) is 0 Å². The summed E-state index contributed by atoms with van der Waals surface area (Å²) in [6, 6.07) is 1.15. The average Bonchev–Trinajstić information content (AvgIpc) is 2.84. The van der Waals surface area contributed by atoms with Gasteiger partial charge in [-0.15, -0.1) is 0 Å². The number of amides is 1. The molecular formula is C19H36N2O2. The van der Waals surface area contributed by atoms with Crippen LogP contribution >= 0.6 is 0 Å². The monoisotopic (exact) mass is 324 g/mol. The molecule has 4 nitrogen and oxygen atoms in total. The first kappa shape index (κ1) is 18.6. The molecule has 2 rings (SSSR count). The van der Waals surface area contributed by atoms with Crippen molar-refractivity contribution in [3.8, 4) is 0 Å². The summed E-state index contributed by atoms with van der Waals surface area (Å²) in [6.45, 7) is 11.2. The first-order chi connectivity index (χ1) is 10.7. The predicted octanol–water partition coefficient (Wildman–Crippen LogP) is 4.24. The zero-order valence-corrected chi connectivity index (χ0v) is 15.7. The molecule has 0 bridgehead atoms. The highest BCUT2D eigenvalue weighted by Gasteiger charge is 2.36. The van der Waals surface area contributed by atoms with Gasteiger partial charge in [0.1, 0.15) is 5.60 Å². The van der Waals surface area contributed by atoms with E-state index in [1.807, 2.05) is 20.8 Å². The van der Waals surface area contributed by atoms with Gasteiger partial charge >= 0.3 is 6.09 Å². The Bertz CT molecular complexity index is 401. The van der Waals surface area contributed by atoms with Gasteiger partial charge in [0.05, 0.1) is 0 Å². The molecular weight excluding hydrogens is 288 g/mol. The molecule has 3 unspecified atom stereocenters. The minimum atomic E-state index is -0.427. The Morgan fingerprint density at radius 2 is 1.87 bits per heavy atom. The van der Waals surface area contributed by atoms with E-state index in [-0.39, 0.29) is 6.09 Å². The maximum atomic E-state index is 11.9. The number of nitrogens with one attached hydrogen (secondary N) is 2. The highest BCUT2D eigenvalue weighted by Crippen LogP contribution is 2.37. The van der Waals surface area contributed by atoms with Gasteiger partial charge in [-0.3, -0.25) is 0 Å². The fourth-order valence-electron chi connectivity index (χ4n) is 4.09. The van der Waals surface area contributed by atoms with Crippen molar-refractivity contribution in [2.75, 3.05) is 6.54 Å². The molecule has 2 aliphatic carbocycles. The quantitative estimate of drug-likeness (QED) is 0.813. The second-order valence-electron chi connectivity index (χ2n) is 9.13. The van der Waals surface area contributed by atoms with E-state index in [9.17, 15) is 4.79 Å². The van der Waals surface area contributed by atoms with Crippen LogP contribution in [0.2, 0.25) is 0 Å². The molecule has 2 aliphatic rings. The van der Waals surface area contributed by atoms with Crippen LogP contribution in [0.5, 0.6) is 0 Å². The lowest BCUT2D eigenvalue weighted by atomic mass is 9.73. The highest BCUT2D eigenvalue weighted by atomic mass is 16.6. The van der Waals surface area contributed by atoms with Crippen LogP contribution in [-0.4, -0.2) is 30.3 Å². The molecule has 4 heteroatoms. The molecule has 23 heavy (non-hydrogen) atoms. The fourth-order valence-corrected chi connectivity index (χ4v) is 4.09. The van der Waals surface area contributed by atoms with Gasteiger partial charge in [0.2, 0.25) is 0 Å². The number of carbonyl (C=O) groups is 1. The topological polar surface area (TPSA) is 50.4 Å². The summed E-state index contributed by atoms with van der Waals surface area (Å²) in [5.74, 6) is 0.528. The van der Waals surface area contributed by atoms with Gasteiger partial charge in [0.15, 0.2) is 0 Å². The Kier molecular flexibility index (Phi) is 5.99. The first-order valence-corrected chi connectivity index (χ1v) is 9.40. The molecule has 0 spiro atoms. The van der Waals surface area contributed by atoms with Gasteiger partial charge in [-0.2, -0.15) is 0 Å². The summed E-state index contributed by atoms with van der Waals surface area (Å²) >= 11 is 0. The molecule has 134 valence electrons. The van der Waals surface area contributed by atoms with Gasteiger partial charge in [-0.1, -0.05) is 33.1 Å². The third-order valence-electron chi connectivity index (χ3n) is 5.49. The van der Waals surface area contributed by atoms with E-state index in [0.717, 1.165) is 6.54 Å². The van der Waals surface area contributed by atoms with E-state index >= 15 is 0 Å². The van der Waals surface area contributed by atoms with Crippen LogP contribution in [0, 0.1) is 11.3 Å². The maximum absolute atomic E-state index is 11.9. The molecule has 2 fully saturated rings. The van der Waals surface area contributed by atoms with Crippen LogP contribution in [0.15, 0.2) is 0 Å². The lowest BCUT2D eigenvalue weighted by molar-refractivity contribution is 0.0515. The van der Waals surface area contributed by atoms with Crippen LogP contribution in [0.3, 0.4) is 0 Å². The molecule has 0 aromatic rings. The normalized spacial score (nSPS) is 30.9. The summed E-state index contributed by atoms with van der Waals surface area (Å²) in [4.78, 5) is 11.9. The minimum absolute atomic E-state index is 0.291.